The Balaban J connectivity index is 2.85. The van der Waals surface area contributed by atoms with Crippen molar-refractivity contribution < 1.29 is 22.3 Å². The van der Waals surface area contributed by atoms with Crippen LogP contribution in [-0.4, -0.2) is 42.7 Å². The highest BCUT2D eigenvalue weighted by molar-refractivity contribution is 7.85. The lowest BCUT2D eigenvalue weighted by Crippen LogP contribution is -2.52. The molecule has 0 aliphatic rings. The molecule has 1 rings (SSSR count). The zero-order chi connectivity index (χ0) is 14.5. The molecule has 19 heavy (non-hydrogen) atoms. The second-order valence-electron chi connectivity index (χ2n) is 4.09. The fourth-order valence-electron chi connectivity index (χ4n) is 1.69. The number of nitrogens with zero attached hydrogens (tertiary/aromatic N) is 2. The lowest BCUT2D eigenvalue weighted by Gasteiger charge is -2.11. The van der Waals surface area contributed by atoms with E-state index in [1.54, 1.807) is 29.4 Å². The number of aromatic nitrogens is 1. The number of pyridine rings is 1. The van der Waals surface area contributed by atoms with Gasteiger partial charge in [0, 0.05) is 5.75 Å². The molecule has 0 fully saturated rings. The molecular weight excluding hydrogens is 268 g/mol. The largest absolute Gasteiger partial charge is 0.748 e. The first-order valence-electron chi connectivity index (χ1n) is 6.10. The van der Waals surface area contributed by atoms with Crippen molar-refractivity contribution in [3.05, 3.63) is 30.1 Å². The highest BCUT2D eigenvalue weighted by Crippen LogP contribution is 1.99. The van der Waals surface area contributed by atoms with Crippen LogP contribution in [-0.2, 0) is 16.5 Å². The molecule has 6 nitrogen and oxygen atoms in total. The molecule has 0 bridgehead atoms. The zero-order valence-corrected chi connectivity index (χ0v) is 11.9. The highest BCUT2D eigenvalue weighted by Gasteiger charge is 2.20. The van der Waals surface area contributed by atoms with Gasteiger partial charge in [0.25, 0.3) is 0 Å². The first-order chi connectivity index (χ1) is 8.87. The normalized spacial score (nSPS) is 11.3. The van der Waals surface area contributed by atoms with E-state index >= 15 is 0 Å². The van der Waals surface area contributed by atoms with Gasteiger partial charge in [-0.25, -0.2) is 13.3 Å². The fourth-order valence-corrected chi connectivity index (χ4v) is 2.18. The summed E-state index contributed by atoms with van der Waals surface area (Å²) >= 11 is 0. The van der Waals surface area contributed by atoms with Gasteiger partial charge in [-0.1, -0.05) is 6.07 Å². The van der Waals surface area contributed by atoms with Crippen molar-refractivity contribution in [2.24, 2.45) is 0 Å². The Hall–Kier alpha value is -1.47. The van der Waals surface area contributed by atoms with Crippen molar-refractivity contribution in [2.75, 3.05) is 18.8 Å². The Bertz CT molecular complexity index is 538. The van der Waals surface area contributed by atoms with Gasteiger partial charge in [-0.2, -0.15) is 9.36 Å². The monoisotopic (exact) mass is 286 g/mol. The molecule has 1 aromatic rings. The van der Waals surface area contributed by atoms with Gasteiger partial charge >= 0.3 is 6.03 Å². The first kappa shape index (κ1) is 15.6. The number of hydrogen-bond acceptors (Lipinski definition) is 4. The molecule has 0 radical (unpaired) electrons. The third-order valence-corrected chi connectivity index (χ3v) is 3.46. The summed E-state index contributed by atoms with van der Waals surface area (Å²) in [4.78, 5) is 13.7. The Morgan fingerprint density at radius 1 is 1.37 bits per heavy atom. The maximum atomic E-state index is 12.1. The summed E-state index contributed by atoms with van der Waals surface area (Å²) in [6.07, 6.45) is 3.28. The van der Waals surface area contributed by atoms with Crippen LogP contribution in [0, 0.1) is 0 Å². The molecule has 0 aliphatic carbocycles. The van der Waals surface area contributed by atoms with Crippen LogP contribution in [0.1, 0.15) is 19.4 Å². The van der Waals surface area contributed by atoms with Crippen LogP contribution >= 0.6 is 0 Å². The average molecular weight is 286 g/mol. The Kier molecular flexibility index (Phi) is 5.44. The van der Waals surface area contributed by atoms with Gasteiger partial charge in [0.15, 0.2) is 0 Å². The van der Waals surface area contributed by atoms with Gasteiger partial charge < -0.3 is 4.55 Å². The predicted molar refractivity (Wildman–Crippen MR) is 68.6 cm³/mol. The molecule has 0 N–H and O–H groups in total. The molecule has 0 aliphatic heterocycles. The van der Waals surface area contributed by atoms with E-state index in [1.165, 1.54) is 4.57 Å². The first-order valence-corrected chi connectivity index (χ1v) is 7.68. The SMILES string of the molecule is CCN(CC)C(=O)[n+]1cccc(CCS(=O)(=O)[O-])c1. The van der Waals surface area contributed by atoms with E-state index in [0.717, 1.165) is 0 Å². The van der Waals surface area contributed by atoms with E-state index in [0.29, 0.717) is 18.7 Å². The summed E-state index contributed by atoms with van der Waals surface area (Å²) in [7, 11) is -4.24. The second-order valence-corrected chi connectivity index (χ2v) is 5.61. The van der Waals surface area contributed by atoms with Crippen LogP contribution in [0.3, 0.4) is 0 Å². The molecule has 0 aromatic carbocycles. The molecular formula is C12H18N2O4S. The number of aryl methyl sites for hydroxylation is 1. The van der Waals surface area contributed by atoms with Gasteiger partial charge in [-0.05, 0) is 31.9 Å². The molecule has 1 aromatic heterocycles. The minimum atomic E-state index is -4.24. The number of carbonyl (C=O) groups is 1. The van der Waals surface area contributed by atoms with Gasteiger partial charge in [-0.3, -0.25) is 0 Å². The van der Waals surface area contributed by atoms with Gasteiger partial charge in [-0.15, -0.1) is 0 Å². The van der Waals surface area contributed by atoms with E-state index in [2.05, 4.69) is 0 Å². The van der Waals surface area contributed by atoms with Gasteiger partial charge in [0.05, 0.1) is 29.4 Å². The number of amides is 1. The predicted octanol–water partition coefficient (Wildman–Crippen LogP) is 0.372. The van der Waals surface area contributed by atoms with Gasteiger partial charge in [0.1, 0.15) is 6.20 Å². The maximum absolute atomic E-state index is 12.1. The summed E-state index contributed by atoms with van der Waals surface area (Å²) < 4.78 is 33.2. The van der Waals surface area contributed by atoms with Crippen LogP contribution in [0.25, 0.3) is 0 Å². The van der Waals surface area contributed by atoms with Crippen LogP contribution in [0.4, 0.5) is 4.79 Å². The van der Waals surface area contributed by atoms with Crippen molar-refractivity contribution in [2.45, 2.75) is 20.3 Å². The molecule has 0 saturated carbocycles. The summed E-state index contributed by atoms with van der Waals surface area (Å²) in [5.41, 5.74) is 0.641. The quantitative estimate of drug-likeness (QED) is 0.578. The molecule has 0 unspecified atom stereocenters. The van der Waals surface area contributed by atoms with Crippen molar-refractivity contribution in [1.29, 1.82) is 0 Å². The standard InChI is InChI=1S/C12H18N2O4S/c1-3-13(4-2)12(15)14-8-5-6-11(10-14)7-9-19(16,17)18/h5-6,8,10H,3-4,7,9H2,1-2H3. The van der Waals surface area contributed by atoms with Crippen LogP contribution < -0.4 is 4.57 Å². The molecule has 0 saturated heterocycles. The molecule has 106 valence electrons. The number of rotatable bonds is 5. The van der Waals surface area contributed by atoms with E-state index in [4.69, 9.17) is 0 Å². The van der Waals surface area contributed by atoms with Crippen molar-refractivity contribution >= 4 is 16.1 Å². The number of hydrogen-bond donors (Lipinski definition) is 0. The molecule has 1 amide bonds. The highest BCUT2D eigenvalue weighted by atomic mass is 32.2. The Labute approximate surface area is 113 Å². The minimum absolute atomic E-state index is 0.109. The minimum Gasteiger partial charge on any atom is -0.748 e. The van der Waals surface area contributed by atoms with Crippen molar-refractivity contribution in [3.63, 3.8) is 0 Å². The topological polar surface area (TPSA) is 81.4 Å². The zero-order valence-electron chi connectivity index (χ0n) is 11.1. The third kappa shape index (κ3) is 4.96. The molecule has 1 heterocycles. The van der Waals surface area contributed by atoms with Crippen molar-refractivity contribution in [3.8, 4) is 0 Å². The molecule has 0 atom stereocenters. The summed E-state index contributed by atoms with van der Waals surface area (Å²) in [5.74, 6) is -0.462. The fraction of sp³-hybridized carbons (Fsp3) is 0.500. The summed E-state index contributed by atoms with van der Waals surface area (Å²) in [6, 6.07) is 3.18. The van der Waals surface area contributed by atoms with Crippen LogP contribution in [0.2, 0.25) is 0 Å². The number of carbonyl (C=O) groups excluding carboxylic acids is 1. The summed E-state index contributed by atoms with van der Waals surface area (Å²) in [5, 5.41) is 0. The lowest BCUT2D eigenvalue weighted by atomic mass is 10.2. The molecule has 7 heteroatoms. The lowest BCUT2D eigenvalue weighted by molar-refractivity contribution is -0.578. The smallest absolute Gasteiger partial charge is 0.497 e. The maximum Gasteiger partial charge on any atom is 0.497 e. The Morgan fingerprint density at radius 3 is 2.53 bits per heavy atom. The van der Waals surface area contributed by atoms with E-state index < -0.39 is 15.9 Å². The van der Waals surface area contributed by atoms with Gasteiger partial charge in [0.2, 0.25) is 0 Å². The van der Waals surface area contributed by atoms with Crippen LogP contribution in [0.5, 0.6) is 0 Å². The van der Waals surface area contributed by atoms with E-state index in [1.807, 2.05) is 13.8 Å². The second kappa shape index (κ2) is 6.63. The third-order valence-electron chi connectivity index (χ3n) is 2.76. The summed E-state index contributed by atoms with van der Waals surface area (Å²) in [6.45, 7) is 4.97. The van der Waals surface area contributed by atoms with E-state index in [-0.39, 0.29) is 12.5 Å². The van der Waals surface area contributed by atoms with Crippen molar-refractivity contribution in [1.82, 2.24) is 4.90 Å². The average Bonchev–Trinajstić information content (AvgIpc) is 2.37. The van der Waals surface area contributed by atoms with Crippen LogP contribution in [0.15, 0.2) is 24.5 Å². The Morgan fingerprint density at radius 2 is 2.00 bits per heavy atom. The molecule has 0 spiro atoms. The van der Waals surface area contributed by atoms with E-state index in [9.17, 15) is 17.8 Å².